The van der Waals surface area contributed by atoms with E-state index in [1.165, 1.54) is 5.56 Å². The number of benzene rings is 3. The molecule has 1 aliphatic rings. The Labute approximate surface area is 227 Å². The maximum Gasteiger partial charge on any atom is 0.330 e. The first-order valence-corrected chi connectivity index (χ1v) is 12.7. The van der Waals surface area contributed by atoms with Crippen molar-refractivity contribution >= 4 is 23.8 Å². The Kier molecular flexibility index (Phi) is 8.60. The van der Waals surface area contributed by atoms with Crippen molar-refractivity contribution in [3.8, 4) is 0 Å². The molecule has 0 aliphatic carbocycles. The molecular weight excluding hydrogens is 496 g/mol. The van der Waals surface area contributed by atoms with E-state index in [1.54, 1.807) is 43.0 Å². The van der Waals surface area contributed by atoms with Gasteiger partial charge in [0.05, 0.1) is 6.54 Å². The number of esters is 1. The van der Waals surface area contributed by atoms with E-state index in [4.69, 9.17) is 10.5 Å². The molecule has 9 nitrogen and oxygen atoms in total. The number of likely N-dealkylation sites (tertiary alicyclic amines) is 1. The van der Waals surface area contributed by atoms with Crippen LogP contribution in [-0.2, 0) is 16.1 Å². The lowest BCUT2D eigenvalue weighted by Gasteiger charge is -2.39. The summed E-state index contributed by atoms with van der Waals surface area (Å²) in [6.07, 6.45) is 0. The molecule has 0 bridgehead atoms. The first-order valence-electron chi connectivity index (χ1n) is 12.7. The molecule has 1 fully saturated rings. The number of urea groups is 1. The zero-order chi connectivity index (χ0) is 27.9. The molecule has 9 heteroatoms. The number of nitrogens with zero attached hydrogens (tertiary/aromatic N) is 1. The summed E-state index contributed by atoms with van der Waals surface area (Å²) in [5.74, 6) is -1.01. The van der Waals surface area contributed by atoms with Crippen LogP contribution < -0.4 is 16.4 Å². The van der Waals surface area contributed by atoms with Gasteiger partial charge >= 0.3 is 12.0 Å². The van der Waals surface area contributed by atoms with Gasteiger partial charge in [-0.3, -0.25) is 9.59 Å². The van der Waals surface area contributed by atoms with Gasteiger partial charge in [-0.2, -0.15) is 0 Å². The number of aryl methyl sites for hydroxylation is 2. The number of rotatable bonds is 9. The fourth-order valence-corrected chi connectivity index (χ4v) is 4.66. The summed E-state index contributed by atoms with van der Waals surface area (Å²) in [7, 11) is 0. The number of nitrogens with two attached hydrogens (primary N) is 1. The van der Waals surface area contributed by atoms with Crippen LogP contribution in [0, 0.1) is 13.8 Å². The molecule has 39 heavy (non-hydrogen) atoms. The second-order valence-corrected chi connectivity index (χ2v) is 9.67. The molecular formula is C30H32N4O5. The van der Waals surface area contributed by atoms with Gasteiger partial charge in [0.15, 0.2) is 0 Å². The molecule has 0 spiro atoms. The highest BCUT2D eigenvalue weighted by molar-refractivity contribution is 6.02. The maximum atomic E-state index is 13.2. The summed E-state index contributed by atoms with van der Waals surface area (Å²) in [6.45, 7) is 4.55. The minimum Gasteiger partial charge on any atom is -0.459 e. The maximum absolute atomic E-state index is 13.2. The van der Waals surface area contributed by atoms with Gasteiger partial charge in [0.2, 0.25) is 0 Å². The highest BCUT2D eigenvalue weighted by Gasteiger charge is 2.33. The summed E-state index contributed by atoms with van der Waals surface area (Å²) in [4.78, 5) is 52.2. The van der Waals surface area contributed by atoms with Gasteiger partial charge in [-0.25, -0.2) is 9.59 Å². The van der Waals surface area contributed by atoms with Crippen LogP contribution in [0.25, 0.3) is 0 Å². The summed E-state index contributed by atoms with van der Waals surface area (Å²) in [5.41, 5.74) is 9.20. The second kappa shape index (κ2) is 12.3. The minimum atomic E-state index is -1.16. The zero-order valence-electron chi connectivity index (χ0n) is 22.0. The van der Waals surface area contributed by atoms with Gasteiger partial charge < -0.3 is 26.0 Å². The molecule has 202 valence electrons. The quantitative estimate of drug-likeness (QED) is 0.368. The minimum absolute atomic E-state index is 0.0130. The van der Waals surface area contributed by atoms with Crippen LogP contribution in [-0.4, -0.2) is 54.4 Å². The van der Waals surface area contributed by atoms with Crippen molar-refractivity contribution in [3.05, 3.63) is 106 Å². The zero-order valence-corrected chi connectivity index (χ0v) is 22.0. The molecule has 3 aromatic rings. The highest BCUT2D eigenvalue weighted by atomic mass is 16.5. The lowest BCUT2D eigenvalue weighted by Crippen LogP contribution is -2.50. The Balaban J connectivity index is 1.42. The van der Waals surface area contributed by atoms with Gasteiger partial charge in [0.25, 0.3) is 11.8 Å². The van der Waals surface area contributed by atoms with Crippen molar-refractivity contribution in [1.29, 1.82) is 0 Å². The van der Waals surface area contributed by atoms with Crippen LogP contribution in [0.5, 0.6) is 0 Å². The topological polar surface area (TPSA) is 131 Å². The van der Waals surface area contributed by atoms with Crippen molar-refractivity contribution in [2.24, 2.45) is 5.73 Å². The van der Waals surface area contributed by atoms with Crippen molar-refractivity contribution in [1.82, 2.24) is 15.5 Å². The number of amides is 4. The number of ether oxygens (including phenoxy) is 1. The Hall–Kier alpha value is -4.66. The largest absolute Gasteiger partial charge is 0.459 e. The van der Waals surface area contributed by atoms with Gasteiger partial charge in [0.1, 0.15) is 12.6 Å². The predicted molar refractivity (Wildman–Crippen MR) is 146 cm³/mol. The van der Waals surface area contributed by atoms with Crippen molar-refractivity contribution in [2.45, 2.75) is 32.4 Å². The molecule has 3 aromatic carbocycles. The molecule has 1 saturated heterocycles. The number of carbonyl (C=O) groups excluding carboxylic acids is 4. The molecule has 4 N–H and O–H groups in total. The third-order valence-corrected chi connectivity index (χ3v) is 6.74. The monoisotopic (exact) mass is 528 g/mol. The van der Waals surface area contributed by atoms with Crippen LogP contribution >= 0.6 is 0 Å². The van der Waals surface area contributed by atoms with Crippen LogP contribution in [0.15, 0.2) is 72.8 Å². The van der Waals surface area contributed by atoms with E-state index >= 15 is 0 Å². The van der Waals surface area contributed by atoms with E-state index in [9.17, 15) is 19.2 Å². The smallest absolute Gasteiger partial charge is 0.330 e. The first kappa shape index (κ1) is 27.4. The first-order chi connectivity index (χ1) is 18.7. The molecule has 1 aliphatic heterocycles. The molecule has 0 saturated carbocycles. The van der Waals surface area contributed by atoms with E-state index in [2.05, 4.69) is 22.8 Å². The number of primary amides is 1. The number of hydrogen-bond acceptors (Lipinski definition) is 5. The van der Waals surface area contributed by atoms with E-state index in [0.29, 0.717) is 41.3 Å². The molecule has 0 aromatic heterocycles. The van der Waals surface area contributed by atoms with Crippen molar-refractivity contribution < 1.29 is 23.9 Å². The van der Waals surface area contributed by atoms with E-state index in [1.807, 2.05) is 36.4 Å². The SMILES string of the molecule is Cc1cc(C(=O)N2CC(c3ccccc3)C2)cc(C)c1C(=O)N[C@@H](CNC(N)=O)C(=O)OCc1ccccc1. The van der Waals surface area contributed by atoms with Crippen LogP contribution in [0.2, 0.25) is 0 Å². The lowest BCUT2D eigenvalue weighted by molar-refractivity contribution is -0.147. The second-order valence-electron chi connectivity index (χ2n) is 9.67. The Morgan fingerprint density at radius 1 is 0.949 bits per heavy atom. The van der Waals surface area contributed by atoms with Crippen molar-refractivity contribution in [2.75, 3.05) is 19.6 Å². The average molecular weight is 529 g/mol. The van der Waals surface area contributed by atoms with Gasteiger partial charge in [-0.15, -0.1) is 0 Å². The fourth-order valence-electron chi connectivity index (χ4n) is 4.66. The molecule has 0 radical (unpaired) electrons. The molecule has 0 unspecified atom stereocenters. The summed E-state index contributed by atoms with van der Waals surface area (Å²) >= 11 is 0. The third kappa shape index (κ3) is 6.81. The fraction of sp³-hybridized carbons (Fsp3) is 0.267. The van der Waals surface area contributed by atoms with E-state index in [0.717, 1.165) is 5.56 Å². The Morgan fingerprint density at radius 2 is 1.54 bits per heavy atom. The third-order valence-electron chi connectivity index (χ3n) is 6.74. The molecule has 1 atom stereocenters. The Morgan fingerprint density at radius 3 is 2.13 bits per heavy atom. The number of carbonyl (C=O) groups is 4. The number of nitrogens with one attached hydrogen (secondary N) is 2. The highest BCUT2D eigenvalue weighted by Crippen LogP contribution is 2.29. The normalized spacial score (nSPS) is 13.6. The van der Waals surface area contributed by atoms with E-state index < -0.39 is 23.9 Å². The van der Waals surface area contributed by atoms with Crippen LogP contribution in [0.4, 0.5) is 4.79 Å². The summed E-state index contributed by atoms with van der Waals surface area (Å²) in [6, 6.07) is 20.6. The standard InChI is InChI=1S/C30H32N4O5/c1-19-13-23(28(36)34-16-24(17-34)22-11-7-4-8-12-22)14-20(2)26(19)27(35)33-25(15-32-30(31)38)29(37)39-18-21-9-5-3-6-10-21/h3-14,24-25H,15-18H2,1-2H3,(H,33,35)(H3,31,32,38)/t25-/m0/s1. The summed E-state index contributed by atoms with van der Waals surface area (Å²) in [5, 5.41) is 4.99. The van der Waals surface area contributed by atoms with Crippen LogP contribution in [0.1, 0.15) is 48.9 Å². The molecule has 1 heterocycles. The Bertz CT molecular complexity index is 1330. The van der Waals surface area contributed by atoms with Gasteiger partial charge in [-0.1, -0.05) is 60.7 Å². The van der Waals surface area contributed by atoms with Crippen molar-refractivity contribution in [3.63, 3.8) is 0 Å². The van der Waals surface area contributed by atoms with Crippen LogP contribution in [0.3, 0.4) is 0 Å². The average Bonchev–Trinajstić information content (AvgIpc) is 2.89. The number of hydrogen-bond donors (Lipinski definition) is 3. The van der Waals surface area contributed by atoms with Gasteiger partial charge in [-0.05, 0) is 48.2 Å². The molecule has 4 amide bonds. The molecule has 4 rings (SSSR count). The van der Waals surface area contributed by atoms with Gasteiger partial charge in [0, 0.05) is 30.1 Å². The summed E-state index contributed by atoms with van der Waals surface area (Å²) < 4.78 is 5.36. The predicted octanol–water partition coefficient (Wildman–Crippen LogP) is 3.05. The van der Waals surface area contributed by atoms with E-state index in [-0.39, 0.29) is 19.1 Å². The lowest BCUT2D eigenvalue weighted by atomic mass is 9.90.